The van der Waals surface area contributed by atoms with Gasteiger partial charge in [0.25, 0.3) is 5.69 Å². The van der Waals surface area contributed by atoms with Crippen molar-refractivity contribution in [1.29, 1.82) is 0 Å². The molecule has 19 heavy (non-hydrogen) atoms. The molecule has 0 spiro atoms. The van der Waals surface area contributed by atoms with Crippen LogP contribution in [0.1, 0.15) is 5.56 Å². The number of anilines is 1. The summed E-state index contributed by atoms with van der Waals surface area (Å²) in [5, 5.41) is 10.8. The first-order valence-electron chi connectivity index (χ1n) is 6.29. The van der Waals surface area contributed by atoms with E-state index in [1.165, 1.54) is 6.20 Å². The number of hydrogen-bond acceptors (Lipinski definition) is 6. The van der Waals surface area contributed by atoms with Crippen molar-refractivity contribution in [2.45, 2.75) is 13.0 Å². The predicted molar refractivity (Wildman–Crippen MR) is 73.3 cm³/mol. The van der Waals surface area contributed by atoms with Gasteiger partial charge in [-0.1, -0.05) is 0 Å². The van der Waals surface area contributed by atoms with Crippen LogP contribution in [-0.2, 0) is 0 Å². The highest BCUT2D eigenvalue weighted by Crippen LogP contribution is 2.23. The first-order valence-corrected chi connectivity index (χ1v) is 6.29. The van der Waals surface area contributed by atoms with Gasteiger partial charge in [0.15, 0.2) is 0 Å². The van der Waals surface area contributed by atoms with Crippen molar-refractivity contribution in [2.75, 3.05) is 38.1 Å². The van der Waals surface area contributed by atoms with Crippen LogP contribution in [-0.4, -0.2) is 54.1 Å². The number of likely N-dealkylation sites (N-methyl/N-ethyl adjacent to an activating group) is 1. The van der Waals surface area contributed by atoms with E-state index in [0.29, 0.717) is 12.1 Å². The van der Waals surface area contributed by atoms with Gasteiger partial charge in [0.2, 0.25) is 0 Å². The van der Waals surface area contributed by atoms with Crippen LogP contribution < -0.4 is 10.6 Å². The molecule has 0 bridgehead atoms. The fourth-order valence-corrected chi connectivity index (χ4v) is 2.40. The standard InChI is InChI=1S/C12H19N5O2/c1-9-5-12(14-7-11(9)17(18)19)16-4-3-15(2)8-10(16)6-13/h5,7,10H,3-4,6,8,13H2,1-2H3. The Morgan fingerprint density at radius 2 is 2.32 bits per heavy atom. The van der Waals surface area contributed by atoms with E-state index in [1.807, 2.05) is 0 Å². The normalized spacial score (nSPS) is 20.6. The molecular formula is C12H19N5O2. The Balaban J connectivity index is 2.26. The zero-order valence-corrected chi connectivity index (χ0v) is 11.2. The molecule has 7 nitrogen and oxygen atoms in total. The highest BCUT2D eigenvalue weighted by Gasteiger charge is 2.26. The van der Waals surface area contributed by atoms with Crippen LogP contribution in [0.15, 0.2) is 12.3 Å². The average Bonchev–Trinajstić information content (AvgIpc) is 2.37. The molecule has 104 valence electrons. The first kappa shape index (κ1) is 13.7. The minimum absolute atomic E-state index is 0.0576. The lowest BCUT2D eigenvalue weighted by Crippen LogP contribution is -2.55. The van der Waals surface area contributed by atoms with Gasteiger partial charge in [-0.3, -0.25) is 10.1 Å². The number of nitro groups is 1. The van der Waals surface area contributed by atoms with Gasteiger partial charge >= 0.3 is 0 Å². The number of aromatic nitrogens is 1. The molecule has 1 unspecified atom stereocenters. The van der Waals surface area contributed by atoms with Gasteiger partial charge in [-0.15, -0.1) is 0 Å². The van der Waals surface area contributed by atoms with Crippen LogP contribution in [0.3, 0.4) is 0 Å². The van der Waals surface area contributed by atoms with Gasteiger partial charge in [0, 0.05) is 31.7 Å². The summed E-state index contributed by atoms with van der Waals surface area (Å²) in [6.45, 7) is 4.93. The van der Waals surface area contributed by atoms with Gasteiger partial charge in [-0.05, 0) is 20.0 Å². The molecule has 0 amide bonds. The number of pyridine rings is 1. The number of aryl methyl sites for hydroxylation is 1. The maximum Gasteiger partial charge on any atom is 0.290 e. The zero-order valence-electron chi connectivity index (χ0n) is 11.2. The summed E-state index contributed by atoms with van der Waals surface area (Å²) in [5.41, 5.74) is 6.49. The number of hydrogen-bond donors (Lipinski definition) is 1. The Hall–Kier alpha value is -1.73. The number of nitrogens with two attached hydrogens (primary N) is 1. The molecule has 1 aromatic rings. The summed E-state index contributed by atoms with van der Waals surface area (Å²) in [7, 11) is 2.06. The van der Waals surface area contributed by atoms with Gasteiger partial charge < -0.3 is 15.5 Å². The molecule has 0 saturated carbocycles. The molecule has 2 N–H and O–H groups in total. The lowest BCUT2D eigenvalue weighted by molar-refractivity contribution is -0.385. The summed E-state index contributed by atoms with van der Waals surface area (Å²) in [5.74, 6) is 0.770. The van der Waals surface area contributed by atoms with Crippen molar-refractivity contribution in [1.82, 2.24) is 9.88 Å². The number of nitrogens with zero attached hydrogens (tertiary/aromatic N) is 4. The number of piperazine rings is 1. The van der Waals surface area contributed by atoms with Crippen LogP contribution in [0.5, 0.6) is 0 Å². The minimum atomic E-state index is -0.406. The summed E-state index contributed by atoms with van der Waals surface area (Å²) in [6.07, 6.45) is 1.33. The summed E-state index contributed by atoms with van der Waals surface area (Å²) in [6, 6.07) is 1.97. The van der Waals surface area contributed by atoms with Gasteiger partial charge in [-0.2, -0.15) is 0 Å². The van der Waals surface area contributed by atoms with Crippen LogP contribution in [0.25, 0.3) is 0 Å². The Kier molecular flexibility index (Phi) is 3.96. The van der Waals surface area contributed by atoms with E-state index in [0.717, 1.165) is 25.5 Å². The third-order valence-electron chi connectivity index (χ3n) is 3.52. The largest absolute Gasteiger partial charge is 0.350 e. The van der Waals surface area contributed by atoms with E-state index in [1.54, 1.807) is 13.0 Å². The molecule has 7 heteroatoms. The quantitative estimate of drug-likeness (QED) is 0.627. The molecule has 1 atom stereocenters. The van der Waals surface area contributed by atoms with Gasteiger partial charge in [0.05, 0.1) is 11.0 Å². The van der Waals surface area contributed by atoms with E-state index < -0.39 is 4.92 Å². The van der Waals surface area contributed by atoms with Crippen molar-refractivity contribution in [3.8, 4) is 0 Å². The second kappa shape index (κ2) is 5.50. The van der Waals surface area contributed by atoms with Gasteiger partial charge in [0.1, 0.15) is 12.0 Å². The summed E-state index contributed by atoms with van der Waals surface area (Å²) in [4.78, 5) is 19.0. The van der Waals surface area contributed by atoms with Crippen molar-refractivity contribution < 1.29 is 4.92 Å². The Morgan fingerprint density at radius 3 is 2.89 bits per heavy atom. The molecule has 2 heterocycles. The van der Waals surface area contributed by atoms with Crippen molar-refractivity contribution in [2.24, 2.45) is 5.73 Å². The smallest absolute Gasteiger partial charge is 0.290 e. The molecule has 0 aromatic carbocycles. The monoisotopic (exact) mass is 265 g/mol. The molecule has 2 rings (SSSR count). The molecule has 1 saturated heterocycles. The highest BCUT2D eigenvalue weighted by molar-refractivity contribution is 5.49. The second-order valence-electron chi connectivity index (χ2n) is 4.93. The predicted octanol–water partition coefficient (Wildman–Crippen LogP) is 0.377. The summed E-state index contributed by atoms with van der Waals surface area (Å²) < 4.78 is 0. The molecule has 0 aliphatic carbocycles. The van der Waals surface area contributed by atoms with Crippen molar-refractivity contribution in [3.63, 3.8) is 0 Å². The Labute approximate surface area is 112 Å². The zero-order chi connectivity index (χ0) is 14.0. The van der Waals surface area contributed by atoms with E-state index in [2.05, 4.69) is 21.8 Å². The van der Waals surface area contributed by atoms with E-state index >= 15 is 0 Å². The van der Waals surface area contributed by atoms with Crippen LogP contribution >= 0.6 is 0 Å². The van der Waals surface area contributed by atoms with Crippen LogP contribution in [0.4, 0.5) is 11.5 Å². The Morgan fingerprint density at radius 1 is 1.58 bits per heavy atom. The Bertz CT molecular complexity index is 479. The first-order chi connectivity index (χ1) is 9.02. The van der Waals surface area contributed by atoms with E-state index in [-0.39, 0.29) is 11.7 Å². The minimum Gasteiger partial charge on any atom is -0.350 e. The van der Waals surface area contributed by atoms with Crippen molar-refractivity contribution in [3.05, 3.63) is 27.9 Å². The molecule has 1 aliphatic heterocycles. The van der Waals surface area contributed by atoms with Crippen LogP contribution in [0, 0.1) is 17.0 Å². The van der Waals surface area contributed by atoms with Crippen molar-refractivity contribution >= 4 is 11.5 Å². The van der Waals surface area contributed by atoms with Gasteiger partial charge in [-0.25, -0.2) is 4.98 Å². The SMILES string of the molecule is Cc1cc(N2CCN(C)CC2CN)ncc1[N+](=O)[O-]. The third kappa shape index (κ3) is 2.82. The fourth-order valence-electron chi connectivity index (χ4n) is 2.40. The summed E-state index contributed by atoms with van der Waals surface area (Å²) >= 11 is 0. The highest BCUT2D eigenvalue weighted by atomic mass is 16.6. The molecule has 0 radical (unpaired) electrons. The maximum absolute atomic E-state index is 10.8. The third-order valence-corrected chi connectivity index (χ3v) is 3.52. The van der Waals surface area contributed by atoms with E-state index in [4.69, 9.17) is 5.73 Å². The lowest BCUT2D eigenvalue weighted by atomic mass is 10.1. The second-order valence-corrected chi connectivity index (χ2v) is 4.93. The maximum atomic E-state index is 10.8. The van der Waals surface area contributed by atoms with Crippen LogP contribution in [0.2, 0.25) is 0 Å². The van der Waals surface area contributed by atoms with E-state index in [9.17, 15) is 10.1 Å². The lowest BCUT2D eigenvalue weighted by Gasteiger charge is -2.40. The number of rotatable bonds is 3. The topological polar surface area (TPSA) is 88.5 Å². The average molecular weight is 265 g/mol. The molecule has 1 fully saturated rings. The molecule has 1 aliphatic rings. The fraction of sp³-hybridized carbons (Fsp3) is 0.583. The molecule has 1 aromatic heterocycles. The molecular weight excluding hydrogens is 246 g/mol.